The van der Waals surface area contributed by atoms with Crippen molar-refractivity contribution in [3.8, 4) is 0 Å². The topological polar surface area (TPSA) is 21.7 Å². The van der Waals surface area contributed by atoms with Gasteiger partial charge in [-0.25, -0.2) is 0 Å². The predicted octanol–water partition coefficient (Wildman–Crippen LogP) is 9.89. The van der Waals surface area contributed by atoms with Crippen molar-refractivity contribution in [2.75, 3.05) is 0 Å². The summed E-state index contributed by atoms with van der Waals surface area (Å²) in [7, 11) is 0. The van der Waals surface area contributed by atoms with E-state index in [-0.39, 0.29) is 0 Å². The second kappa shape index (κ2) is 12.6. The van der Waals surface area contributed by atoms with Crippen LogP contribution in [0, 0.1) is 47.3 Å². The molecule has 11 fully saturated rings. The van der Waals surface area contributed by atoms with E-state index in [1.165, 1.54) is 135 Å². The van der Waals surface area contributed by atoms with Crippen molar-refractivity contribution in [3.63, 3.8) is 0 Å². The van der Waals surface area contributed by atoms with E-state index in [9.17, 15) is 0 Å². The fourth-order valence-electron chi connectivity index (χ4n) is 15.8. The largest absolute Gasteiger partial charge is 0.374 e. The molecule has 11 aliphatic rings. The van der Waals surface area contributed by atoms with Crippen molar-refractivity contribution in [2.45, 2.75) is 211 Å². The Morgan fingerprint density at radius 1 is 0.362 bits per heavy atom. The lowest BCUT2D eigenvalue weighted by Crippen LogP contribution is -2.63. The molecule has 0 radical (unpaired) electrons. The zero-order chi connectivity index (χ0) is 30.6. The van der Waals surface area contributed by atoms with E-state index in [0.29, 0.717) is 30.5 Å². The van der Waals surface area contributed by atoms with Gasteiger partial charge in [-0.15, -0.1) is 0 Å². The lowest BCUT2D eigenvalue weighted by atomic mass is 9.64. The minimum atomic E-state index is 0.538. The van der Waals surface area contributed by atoms with Crippen molar-refractivity contribution in [2.24, 2.45) is 47.3 Å². The average Bonchev–Trinajstić information content (AvgIpc) is 3.88. The molecular formula is C42H65NO2S2. The van der Waals surface area contributed by atoms with E-state index in [4.69, 9.17) is 9.47 Å². The van der Waals surface area contributed by atoms with Crippen molar-refractivity contribution >= 4 is 23.5 Å². The fraction of sp³-hybridized carbons (Fsp3) is 1.00. The molecule has 47 heavy (non-hydrogen) atoms. The molecule has 3 nitrogen and oxygen atoms in total. The van der Waals surface area contributed by atoms with Crippen LogP contribution in [0.15, 0.2) is 0 Å². The highest BCUT2D eigenvalue weighted by Crippen LogP contribution is 2.64. The van der Waals surface area contributed by atoms with E-state index in [0.717, 1.165) is 80.4 Å². The van der Waals surface area contributed by atoms with E-state index >= 15 is 0 Å². The average molecular weight is 680 g/mol. The number of hydrogen-bond acceptors (Lipinski definition) is 5. The number of hydrogen-bond donors (Lipinski definition) is 0. The minimum Gasteiger partial charge on any atom is -0.374 e. The zero-order valence-corrected chi connectivity index (χ0v) is 30.9. The van der Waals surface area contributed by atoms with E-state index in [1.807, 2.05) is 0 Å². The Bertz CT molecular complexity index is 1100. The molecule has 4 aliphatic heterocycles. The summed E-state index contributed by atoms with van der Waals surface area (Å²) in [6, 6.07) is 2.31. The molecule has 0 amide bonds. The normalized spacial score (nSPS) is 58.0. The molecule has 19 atom stereocenters. The van der Waals surface area contributed by atoms with Crippen LogP contribution in [-0.2, 0) is 9.47 Å². The van der Waals surface area contributed by atoms with E-state index in [1.54, 1.807) is 12.8 Å². The Balaban J connectivity index is 0.947. The van der Waals surface area contributed by atoms with Crippen molar-refractivity contribution < 1.29 is 9.47 Å². The number of fused-ring (bicyclic) bond motifs is 13. The molecular weight excluding hydrogens is 615 g/mol. The quantitative estimate of drug-likeness (QED) is 0.295. The van der Waals surface area contributed by atoms with Crippen LogP contribution in [0.2, 0.25) is 0 Å². The molecule has 5 heteroatoms. The fourth-order valence-corrected chi connectivity index (χ4v) is 20.5. The Morgan fingerprint density at radius 2 is 0.936 bits per heavy atom. The van der Waals surface area contributed by atoms with Gasteiger partial charge in [-0.1, -0.05) is 57.8 Å². The summed E-state index contributed by atoms with van der Waals surface area (Å²) in [4.78, 5) is 3.43. The van der Waals surface area contributed by atoms with Crippen LogP contribution in [0.4, 0.5) is 0 Å². The molecule has 4 heterocycles. The minimum absolute atomic E-state index is 0.538. The van der Waals surface area contributed by atoms with Gasteiger partial charge in [0.05, 0.1) is 24.4 Å². The monoisotopic (exact) mass is 679 g/mol. The van der Waals surface area contributed by atoms with Gasteiger partial charge in [0.2, 0.25) is 0 Å². The molecule has 0 aromatic rings. The van der Waals surface area contributed by atoms with Crippen molar-refractivity contribution in [3.05, 3.63) is 0 Å². The van der Waals surface area contributed by atoms with Crippen LogP contribution < -0.4 is 0 Å². The van der Waals surface area contributed by atoms with Crippen LogP contribution in [-0.4, -0.2) is 68.4 Å². The number of thioether (sulfide) groups is 2. The van der Waals surface area contributed by atoms with Crippen molar-refractivity contribution in [1.29, 1.82) is 0 Å². The predicted molar refractivity (Wildman–Crippen MR) is 195 cm³/mol. The molecule has 0 spiro atoms. The van der Waals surface area contributed by atoms with Gasteiger partial charge in [-0.05, 0) is 131 Å². The lowest BCUT2D eigenvalue weighted by molar-refractivity contribution is -0.0845. The second-order valence-electron chi connectivity index (χ2n) is 19.2. The molecule has 11 rings (SSSR count). The van der Waals surface area contributed by atoms with Gasteiger partial charge >= 0.3 is 0 Å². The summed E-state index contributed by atoms with van der Waals surface area (Å²) in [5.74, 6) is 7.50. The Kier molecular flexibility index (Phi) is 8.36. The first-order chi connectivity index (χ1) is 23.3. The summed E-state index contributed by atoms with van der Waals surface area (Å²) in [5.41, 5.74) is 0. The maximum Gasteiger partial charge on any atom is 0.0766 e. The maximum absolute atomic E-state index is 7.40. The van der Waals surface area contributed by atoms with Crippen molar-refractivity contribution in [1.82, 2.24) is 4.90 Å². The Hall–Kier alpha value is 0.580. The number of ether oxygens (including phenoxy) is 2. The van der Waals surface area contributed by atoms with Gasteiger partial charge in [0.15, 0.2) is 0 Å². The van der Waals surface area contributed by atoms with E-state index in [2.05, 4.69) is 28.4 Å². The van der Waals surface area contributed by atoms with Gasteiger partial charge in [-0.3, -0.25) is 4.90 Å². The van der Waals surface area contributed by atoms with E-state index < -0.39 is 0 Å². The summed E-state index contributed by atoms with van der Waals surface area (Å²) >= 11 is 5.15. The number of nitrogens with zero attached hydrogens (tertiary/aromatic N) is 1. The summed E-state index contributed by atoms with van der Waals surface area (Å²) in [6.45, 7) is 0. The zero-order valence-electron chi connectivity index (χ0n) is 29.3. The van der Waals surface area contributed by atoms with Crippen LogP contribution >= 0.6 is 23.5 Å². The number of rotatable bonds is 3. The molecule has 0 aromatic carbocycles. The summed E-state index contributed by atoms with van der Waals surface area (Å²) in [5, 5.41) is 3.66. The third-order valence-corrected chi connectivity index (χ3v) is 21.3. The van der Waals surface area contributed by atoms with Gasteiger partial charge in [0.25, 0.3) is 0 Å². The van der Waals surface area contributed by atoms with Crippen LogP contribution in [0.1, 0.15) is 148 Å². The Morgan fingerprint density at radius 3 is 1.74 bits per heavy atom. The third kappa shape index (κ3) is 4.96. The van der Waals surface area contributed by atoms with Crippen LogP contribution in [0.3, 0.4) is 0 Å². The molecule has 7 saturated carbocycles. The molecule has 0 N–H and O–H groups in total. The van der Waals surface area contributed by atoms with Gasteiger partial charge in [-0.2, -0.15) is 23.5 Å². The van der Waals surface area contributed by atoms with Gasteiger partial charge < -0.3 is 9.47 Å². The maximum atomic E-state index is 7.40. The lowest BCUT2D eigenvalue weighted by Gasteiger charge is -2.55. The molecule has 4 saturated heterocycles. The highest BCUT2D eigenvalue weighted by Gasteiger charge is 2.62. The Labute approximate surface area is 295 Å². The SMILES string of the molecule is C1CCC2C(C1)OC1C2CCCC1N(C1CCCC2C3CCCCC3SC21)C1CCCC2C3CCC4OC5CCCCC5C4C3SC21. The van der Waals surface area contributed by atoms with Crippen LogP contribution in [0.5, 0.6) is 0 Å². The third-order valence-electron chi connectivity index (χ3n) is 17.4. The molecule has 0 bridgehead atoms. The highest BCUT2D eigenvalue weighted by atomic mass is 32.2. The van der Waals surface area contributed by atoms with Crippen LogP contribution in [0.25, 0.3) is 0 Å². The standard InChI is InChI=1S/C42H65NO2S2/c1-4-19-34-24(10-1)26-13-7-16-31(39(26)45-34)43(32-17-8-14-27-25-11-3-6-21-37(25)46-40(27)32)33-18-9-15-28-29-22-23-36-38(42(29)47-41(28)33)30-12-2-5-20-35(30)44-36/h24-42H,1-23H2. The molecule has 0 aromatic heterocycles. The van der Waals surface area contributed by atoms with Gasteiger partial charge in [0.1, 0.15) is 0 Å². The molecule has 262 valence electrons. The highest BCUT2D eigenvalue weighted by molar-refractivity contribution is 8.01. The summed E-state index contributed by atoms with van der Waals surface area (Å²) < 4.78 is 14.3. The summed E-state index contributed by atoms with van der Waals surface area (Å²) in [6.07, 6.45) is 36.1. The first-order valence-electron chi connectivity index (χ1n) is 21.7. The first-order valence-corrected chi connectivity index (χ1v) is 23.6. The van der Waals surface area contributed by atoms with Gasteiger partial charge in [0, 0.05) is 45.0 Å². The first kappa shape index (κ1) is 31.1. The molecule has 19 unspecified atom stereocenters. The second-order valence-corrected chi connectivity index (χ2v) is 21.9. The smallest absolute Gasteiger partial charge is 0.0766 e. The molecule has 7 aliphatic carbocycles.